The van der Waals surface area contributed by atoms with Crippen molar-refractivity contribution in [3.8, 4) is 5.75 Å². The van der Waals surface area contributed by atoms with E-state index in [1.54, 1.807) is 43.3 Å². The Morgan fingerprint density at radius 1 is 0.953 bits per heavy atom. The first-order valence-electron chi connectivity index (χ1n) is 13.7. The van der Waals surface area contributed by atoms with E-state index in [0.717, 1.165) is 9.87 Å². The van der Waals surface area contributed by atoms with E-state index in [0.29, 0.717) is 22.2 Å². The molecule has 3 aromatic carbocycles. The molecule has 12 heteroatoms. The normalized spacial score (nSPS) is 12.1. The molecule has 3 rings (SSSR count). The highest BCUT2D eigenvalue weighted by atomic mass is 35.5. The molecule has 0 spiro atoms. The summed E-state index contributed by atoms with van der Waals surface area (Å²) in [6.45, 7) is 7.25. The maximum atomic E-state index is 14.3. The fourth-order valence-electron chi connectivity index (χ4n) is 4.38. The Bertz CT molecular complexity index is 1550. The van der Waals surface area contributed by atoms with Crippen LogP contribution in [0.4, 0.5) is 5.69 Å². The summed E-state index contributed by atoms with van der Waals surface area (Å²) in [5.74, 6) is -0.609. The number of methoxy groups -OCH3 is 1. The molecular formula is C31H36Cl3N3O5S. The van der Waals surface area contributed by atoms with Gasteiger partial charge in [0.15, 0.2) is 0 Å². The maximum Gasteiger partial charge on any atom is 0.264 e. The van der Waals surface area contributed by atoms with Crippen LogP contribution in [-0.4, -0.2) is 51.4 Å². The highest BCUT2D eigenvalue weighted by Crippen LogP contribution is 2.35. The first-order valence-corrected chi connectivity index (χ1v) is 16.3. The molecule has 0 aliphatic heterocycles. The van der Waals surface area contributed by atoms with E-state index in [4.69, 9.17) is 39.5 Å². The Kier molecular flexibility index (Phi) is 12.2. The van der Waals surface area contributed by atoms with Gasteiger partial charge in [-0.15, -0.1) is 0 Å². The van der Waals surface area contributed by atoms with Gasteiger partial charge < -0.3 is 15.0 Å². The van der Waals surface area contributed by atoms with E-state index in [1.807, 2.05) is 20.8 Å². The van der Waals surface area contributed by atoms with Gasteiger partial charge in [-0.05, 0) is 67.3 Å². The number of nitrogens with one attached hydrogen (secondary N) is 1. The molecular weight excluding hydrogens is 633 g/mol. The molecule has 2 amide bonds. The lowest BCUT2D eigenvalue weighted by molar-refractivity contribution is -0.140. The maximum absolute atomic E-state index is 14.3. The first kappa shape index (κ1) is 34.5. The van der Waals surface area contributed by atoms with Crippen molar-refractivity contribution in [2.45, 2.75) is 51.6 Å². The largest absolute Gasteiger partial charge is 0.495 e. The number of sulfonamides is 1. The average molecular weight is 669 g/mol. The number of aryl methyl sites for hydroxylation is 1. The SMILES string of the molecule is CC[C@@H](C(=O)NCC(C)C)N(Cc1ccc(Cl)cc1Cl)C(=O)CN(c1cc(Cl)ccc1OC)S(=O)(=O)c1ccc(C)cc1. The zero-order chi connectivity index (χ0) is 31.9. The van der Waals surface area contributed by atoms with Crippen molar-refractivity contribution in [2.24, 2.45) is 5.92 Å². The average Bonchev–Trinajstić information content (AvgIpc) is 2.95. The Hall–Kier alpha value is -2.98. The molecule has 0 bridgehead atoms. The Morgan fingerprint density at radius 2 is 1.58 bits per heavy atom. The summed E-state index contributed by atoms with van der Waals surface area (Å²) in [5, 5.41) is 3.86. The zero-order valence-corrected chi connectivity index (χ0v) is 27.8. The van der Waals surface area contributed by atoms with Gasteiger partial charge in [0, 0.05) is 28.2 Å². The highest BCUT2D eigenvalue weighted by molar-refractivity contribution is 7.92. The second-order valence-electron chi connectivity index (χ2n) is 10.5. The number of hydrogen-bond donors (Lipinski definition) is 1. The lowest BCUT2D eigenvalue weighted by Crippen LogP contribution is -2.52. The third-order valence-corrected chi connectivity index (χ3v) is 9.32. The number of halogens is 3. The lowest BCUT2D eigenvalue weighted by atomic mass is 10.1. The number of benzene rings is 3. The fraction of sp³-hybridized carbons (Fsp3) is 0.355. The molecule has 8 nitrogen and oxygen atoms in total. The Labute approximate surface area is 268 Å². The van der Waals surface area contributed by atoms with Gasteiger partial charge in [0.2, 0.25) is 11.8 Å². The summed E-state index contributed by atoms with van der Waals surface area (Å²) in [4.78, 5) is 29.0. The molecule has 0 saturated heterocycles. The third kappa shape index (κ3) is 8.79. The van der Waals surface area contributed by atoms with Crippen molar-refractivity contribution in [3.63, 3.8) is 0 Å². The van der Waals surface area contributed by atoms with Crippen molar-refractivity contribution in [3.05, 3.63) is 86.9 Å². The lowest BCUT2D eigenvalue weighted by Gasteiger charge is -2.34. The minimum atomic E-state index is -4.31. The van der Waals surface area contributed by atoms with Crippen LogP contribution in [0.1, 0.15) is 38.3 Å². The number of amides is 2. The van der Waals surface area contributed by atoms with E-state index in [2.05, 4.69) is 5.32 Å². The van der Waals surface area contributed by atoms with E-state index in [9.17, 15) is 18.0 Å². The number of nitrogens with zero attached hydrogens (tertiary/aromatic N) is 2. The fourth-order valence-corrected chi connectivity index (χ4v) is 6.44. The van der Waals surface area contributed by atoms with Crippen molar-refractivity contribution < 1.29 is 22.7 Å². The Balaban J connectivity index is 2.14. The second kappa shape index (κ2) is 15.1. The smallest absolute Gasteiger partial charge is 0.264 e. The van der Waals surface area contributed by atoms with Crippen LogP contribution in [0.15, 0.2) is 65.6 Å². The number of anilines is 1. The van der Waals surface area contributed by atoms with Crippen molar-refractivity contribution in [2.75, 3.05) is 24.5 Å². The van der Waals surface area contributed by atoms with E-state index < -0.39 is 28.5 Å². The van der Waals surface area contributed by atoms with Crippen LogP contribution in [-0.2, 0) is 26.2 Å². The van der Waals surface area contributed by atoms with Crippen LogP contribution in [0.25, 0.3) is 0 Å². The molecule has 0 saturated carbocycles. The first-order chi connectivity index (χ1) is 20.3. The molecule has 0 radical (unpaired) electrons. The quantitative estimate of drug-likeness (QED) is 0.218. The minimum Gasteiger partial charge on any atom is -0.495 e. The molecule has 0 fully saturated rings. The van der Waals surface area contributed by atoms with E-state index in [-0.39, 0.29) is 46.1 Å². The topological polar surface area (TPSA) is 96.0 Å². The van der Waals surface area contributed by atoms with Crippen LogP contribution in [0.5, 0.6) is 5.75 Å². The number of carbonyl (C=O) groups is 2. The Morgan fingerprint density at radius 3 is 2.16 bits per heavy atom. The molecule has 43 heavy (non-hydrogen) atoms. The van der Waals surface area contributed by atoms with Gasteiger partial charge in [-0.1, -0.05) is 79.3 Å². The summed E-state index contributed by atoms with van der Waals surface area (Å²) in [7, 11) is -2.91. The summed E-state index contributed by atoms with van der Waals surface area (Å²) in [6.07, 6.45) is 0.270. The van der Waals surface area contributed by atoms with Gasteiger partial charge >= 0.3 is 0 Å². The summed E-state index contributed by atoms with van der Waals surface area (Å²) >= 11 is 18.9. The highest BCUT2D eigenvalue weighted by Gasteiger charge is 2.35. The summed E-state index contributed by atoms with van der Waals surface area (Å²) in [6, 6.07) is 14.7. The van der Waals surface area contributed by atoms with Gasteiger partial charge in [-0.3, -0.25) is 13.9 Å². The van der Waals surface area contributed by atoms with Crippen LogP contribution >= 0.6 is 34.8 Å². The zero-order valence-electron chi connectivity index (χ0n) is 24.7. The third-order valence-electron chi connectivity index (χ3n) is 6.72. The summed E-state index contributed by atoms with van der Waals surface area (Å²) in [5.41, 5.74) is 1.49. The van der Waals surface area contributed by atoms with Gasteiger partial charge in [0.1, 0.15) is 18.3 Å². The molecule has 232 valence electrons. The molecule has 0 heterocycles. The molecule has 0 unspecified atom stereocenters. The molecule has 1 N–H and O–H groups in total. The number of carbonyl (C=O) groups excluding carboxylic acids is 2. The molecule has 0 aliphatic rings. The van der Waals surface area contributed by atoms with Gasteiger partial charge in [0.05, 0.1) is 17.7 Å². The number of rotatable bonds is 13. The molecule has 3 aromatic rings. The van der Waals surface area contributed by atoms with Crippen LogP contribution in [0, 0.1) is 12.8 Å². The van der Waals surface area contributed by atoms with Gasteiger partial charge in [-0.2, -0.15) is 0 Å². The molecule has 0 aliphatic carbocycles. The molecule has 1 atom stereocenters. The van der Waals surface area contributed by atoms with Gasteiger partial charge in [-0.25, -0.2) is 8.42 Å². The van der Waals surface area contributed by atoms with Crippen molar-refractivity contribution in [1.82, 2.24) is 10.2 Å². The van der Waals surface area contributed by atoms with Crippen LogP contribution < -0.4 is 14.4 Å². The standard InChI is InChI=1S/C31H36Cl3N3O5S/c1-6-27(31(39)35-17-20(2)3)36(18-22-9-10-23(32)15-26(22)34)30(38)19-37(28-16-24(33)11-14-29(28)42-5)43(40,41)25-12-7-21(4)8-13-25/h7-16,20,27H,6,17-19H2,1-5H3,(H,35,39)/t27-/m0/s1. The molecule has 0 aromatic heterocycles. The number of hydrogen-bond acceptors (Lipinski definition) is 5. The minimum absolute atomic E-state index is 0.0260. The van der Waals surface area contributed by atoms with Crippen LogP contribution in [0.3, 0.4) is 0 Å². The van der Waals surface area contributed by atoms with E-state index >= 15 is 0 Å². The summed E-state index contributed by atoms with van der Waals surface area (Å²) < 4.78 is 34.7. The predicted molar refractivity (Wildman–Crippen MR) is 173 cm³/mol. The van der Waals surface area contributed by atoms with Crippen LogP contribution in [0.2, 0.25) is 15.1 Å². The van der Waals surface area contributed by atoms with E-state index in [1.165, 1.54) is 36.3 Å². The second-order valence-corrected chi connectivity index (χ2v) is 13.6. The van der Waals surface area contributed by atoms with Crippen molar-refractivity contribution >= 4 is 62.3 Å². The predicted octanol–water partition coefficient (Wildman–Crippen LogP) is 6.74. The number of ether oxygens (including phenoxy) is 1. The monoisotopic (exact) mass is 667 g/mol. The van der Waals surface area contributed by atoms with Crippen molar-refractivity contribution in [1.29, 1.82) is 0 Å². The van der Waals surface area contributed by atoms with Gasteiger partial charge in [0.25, 0.3) is 10.0 Å².